The first-order valence-electron chi connectivity index (χ1n) is 10.6. The lowest BCUT2D eigenvalue weighted by Gasteiger charge is -2.34. The molecule has 1 fully saturated rings. The average molecular weight is 494 g/mol. The third-order valence-electron chi connectivity index (χ3n) is 5.55. The zero-order valence-corrected chi connectivity index (χ0v) is 19.6. The number of anilines is 1. The van der Waals surface area contributed by atoms with Gasteiger partial charge in [-0.05, 0) is 48.9 Å². The van der Waals surface area contributed by atoms with E-state index < -0.39 is 16.1 Å². The first-order valence-corrected chi connectivity index (χ1v) is 12.4. The number of amides is 2. The van der Waals surface area contributed by atoms with Crippen LogP contribution < -0.4 is 14.8 Å². The van der Waals surface area contributed by atoms with Crippen molar-refractivity contribution < 1.29 is 27.5 Å². The predicted molar refractivity (Wildman–Crippen MR) is 122 cm³/mol. The molecule has 0 spiro atoms. The van der Waals surface area contributed by atoms with Crippen molar-refractivity contribution in [3.05, 3.63) is 47.5 Å². The molecule has 9 nitrogen and oxygen atoms in total. The molecule has 11 heteroatoms. The lowest BCUT2D eigenvalue weighted by molar-refractivity contribution is -0.134. The van der Waals surface area contributed by atoms with Gasteiger partial charge in [0.1, 0.15) is 11.5 Å². The Kier molecular flexibility index (Phi) is 6.78. The Balaban J connectivity index is 1.36. The fraction of sp³-hybridized carbons (Fsp3) is 0.364. The molecular formula is C22H24ClN3O6S. The highest BCUT2D eigenvalue weighted by Gasteiger charge is 2.32. The van der Waals surface area contributed by atoms with Gasteiger partial charge in [0, 0.05) is 31.2 Å². The normalized spacial score (nSPS) is 18.8. The molecule has 2 aromatic rings. The lowest BCUT2D eigenvalue weighted by atomic mass is 10.2. The minimum atomic E-state index is -3.80. The van der Waals surface area contributed by atoms with Crippen LogP contribution in [0.5, 0.6) is 11.5 Å². The Hall–Kier alpha value is -2.82. The molecule has 2 aromatic carbocycles. The van der Waals surface area contributed by atoms with Gasteiger partial charge in [-0.25, -0.2) is 8.42 Å². The molecule has 2 amide bonds. The number of carbonyl (C=O) groups excluding carboxylic acids is 2. The van der Waals surface area contributed by atoms with E-state index in [1.165, 1.54) is 16.4 Å². The van der Waals surface area contributed by atoms with E-state index in [4.69, 9.17) is 21.1 Å². The molecule has 2 aliphatic rings. The van der Waals surface area contributed by atoms with Gasteiger partial charge < -0.3 is 19.7 Å². The first kappa shape index (κ1) is 23.3. The molecule has 2 aliphatic heterocycles. The highest BCUT2D eigenvalue weighted by molar-refractivity contribution is 7.89. The molecule has 4 rings (SSSR count). The Morgan fingerprint density at radius 3 is 2.52 bits per heavy atom. The molecule has 0 aliphatic carbocycles. The van der Waals surface area contributed by atoms with E-state index in [2.05, 4.69) is 5.32 Å². The third-order valence-corrected chi connectivity index (χ3v) is 7.69. The monoisotopic (exact) mass is 493 g/mol. The van der Waals surface area contributed by atoms with Gasteiger partial charge in [0.25, 0.3) is 11.8 Å². The number of hydrogen-bond donors (Lipinski definition) is 1. The predicted octanol–water partition coefficient (Wildman–Crippen LogP) is 2.36. The van der Waals surface area contributed by atoms with Crippen LogP contribution >= 0.6 is 11.6 Å². The minimum Gasteiger partial charge on any atom is -0.484 e. The molecule has 0 aromatic heterocycles. The number of halogens is 1. The number of benzene rings is 2. The molecule has 33 heavy (non-hydrogen) atoms. The van der Waals surface area contributed by atoms with Gasteiger partial charge in [0.2, 0.25) is 10.0 Å². The van der Waals surface area contributed by atoms with Crippen LogP contribution in [0, 0.1) is 0 Å². The second-order valence-corrected chi connectivity index (χ2v) is 10.1. The lowest BCUT2D eigenvalue weighted by Crippen LogP contribution is -2.51. The summed E-state index contributed by atoms with van der Waals surface area (Å²) in [5.41, 5.74) is 0.332. The number of nitrogens with zero attached hydrogens (tertiary/aromatic N) is 2. The Morgan fingerprint density at radius 2 is 1.85 bits per heavy atom. The number of ether oxygens (including phenoxy) is 2. The van der Waals surface area contributed by atoms with Crippen LogP contribution in [0.25, 0.3) is 0 Å². The summed E-state index contributed by atoms with van der Waals surface area (Å²) in [6, 6.07) is 11.1. The number of rotatable bonds is 6. The molecular weight excluding hydrogens is 470 g/mol. The highest BCUT2D eigenvalue weighted by Crippen LogP contribution is 2.33. The van der Waals surface area contributed by atoms with Crippen LogP contribution in [0.1, 0.15) is 13.3 Å². The van der Waals surface area contributed by atoms with Crippen molar-refractivity contribution in [2.75, 3.05) is 38.1 Å². The van der Waals surface area contributed by atoms with Crippen molar-refractivity contribution in [2.24, 2.45) is 0 Å². The Labute approximate surface area is 197 Å². The fourth-order valence-electron chi connectivity index (χ4n) is 3.65. The van der Waals surface area contributed by atoms with Gasteiger partial charge in [-0.2, -0.15) is 4.31 Å². The second-order valence-electron chi connectivity index (χ2n) is 7.69. The van der Waals surface area contributed by atoms with Crippen molar-refractivity contribution >= 4 is 39.1 Å². The van der Waals surface area contributed by atoms with Gasteiger partial charge in [-0.3, -0.25) is 9.59 Å². The Morgan fingerprint density at radius 1 is 1.15 bits per heavy atom. The van der Waals surface area contributed by atoms with E-state index >= 15 is 0 Å². The van der Waals surface area contributed by atoms with Crippen LogP contribution in [0.4, 0.5) is 5.69 Å². The van der Waals surface area contributed by atoms with Gasteiger partial charge >= 0.3 is 0 Å². The first-order chi connectivity index (χ1) is 15.8. The number of sulfonamides is 1. The van der Waals surface area contributed by atoms with E-state index in [1.54, 1.807) is 35.2 Å². The number of piperazine rings is 1. The molecule has 176 valence electrons. The fourth-order valence-corrected chi connectivity index (χ4v) is 5.23. The topological polar surface area (TPSA) is 105 Å². The van der Waals surface area contributed by atoms with E-state index in [-0.39, 0.29) is 49.5 Å². The summed E-state index contributed by atoms with van der Waals surface area (Å²) in [5.74, 6) is 0.452. The maximum absolute atomic E-state index is 13.1. The standard InChI is InChI=1S/C22H24ClN3O6S/c1-2-19-22(28)24-18-13-17(7-8-20(18)32-19)33(29,30)26-11-9-25(10-12-26)21(27)14-31-16-5-3-15(23)4-6-16/h3-8,13,19H,2,9-12,14H2,1H3,(H,24,28)/t19-/m0/s1. The number of fused-ring (bicyclic) bond motifs is 1. The zero-order valence-electron chi connectivity index (χ0n) is 18.0. The number of hydrogen-bond acceptors (Lipinski definition) is 6. The number of nitrogens with one attached hydrogen (secondary N) is 1. The van der Waals surface area contributed by atoms with Crippen molar-refractivity contribution in [2.45, 2.75) is 24.3 Å². The zero-order chi connectivity index (χ0) is 23.6. The van der Waals surface area contributed by atoms with Crippen LogP contribution in [0.15, 0.2) is 47.4 Å². The molecule has 0 saturated carbocycles. The molecule has 1 saturated heterocycles. The molecule has 0 unspecified atom stereocenters. The van der Waals surface area contributed by atoms with Crippen molar-refractivity contribution in [1.29, 1.82) is 0 Å². The van der Waals surface area contributed by atoms with Crippen LogP contribution in [-0.4, -0.2) is 68.3 Å². The van der Waals surface area contributed by atoms with Crippen LogP contribution in [0.2, 0.25) is 5.02 Å². The molecule has 1 N–H and O–H groups in total. The molecule has 1 atom stereocenters. The van der Waals surface area contributed by atoms with E-state index in [9.17, 15) is 18.0 Å². The van der Waals surface area contributed by atoms with Gasteiger partial charge in [0.05, 0.1) is 10.6 Å². The maximum Gasteiger partial charge on any atom is 0.265 e. The van der Waals surface area contributed by atoms with Gasteiger partial charge in [-0.1, -0.05) is 18.5 Å². The summed E-state index contributed by atoms with van der Waals surface area (Å²) >= 11 is 5.83. The van der Waals surface area contributed by atoms with Crippen molar-refractivity contribution in [3.8, 4) is 11.5 Å². The summed E-state index contributed by atoms with van der Waals surface area (Å²) in [7, 11) is -3.80. The maximum atomic E-state index is 13.1. The summed E-state index contributed by atoms with van der Waals surface area (Å²) in [6.07, 6.45) is -0.0757. The number of carbonyl (C=O) groups is 2. The largest absolute Gasteiger partial charge is 0.484 e. The molecule has 2 heterocycles. The van der Waals surface area contributed by atoms with Crippen LogP contribution in [-0.2, 0) is 19.6 Å². The van der Waals surface area contributed by atoms with E-state index in [0.29, 0.717) is 28.6 Å². The van der Waals surface area contributed by atoms with E-state index in [1.807, 2.05) is 6.92 Å². The summed E-state index contributed by atoms with van der Waals surface area (Å²) in [4.78, 5) is 26.2. The van der Waals surface area contributed by atoms with Crippen molar-refractivity contribution in [3.63, 3.8) is 0 Å². The van der Waals surface area contributed by atoms with Crippen LogP contribution in [0.3, 0.4) is 0 Å². The third kappa shape index (κ3) is 5.07. The van der Waals surface area contributed by atoms with Gasteiger partial charge in [0.15, 0.2) is 12.7 Å². The minimum absolute atomic E-state index is 0.0611. The summed E-state index contributed by atoms with van der Waals surface area (Å²) in [5, 5.41) is 3.28. The van der Waals surface area contributed by atoms with Crippen molar-refractivity contribution in [1.82, 2.24) is 9.21 Å². The van der Waals surface area contributed by atoms with E-state index in [0.717, 1.165) is 0 Å². The SMILES string of the molecule is CC[C@@H]1Oc2ccc(S(=O)(=O)N3CCN(C(=O)COc4ccc(Cl)cc4)CC3)cc2NC1=O. The second kappa shape index (κ2) is 9.58. The quantitative estimate of drug-likeness (QED) is 0.662. The van der Waals surface area contributed by atoms with Gasteiger partial charge in [-0.15, -0.1) is 0 Å². The molecule has 0 radical (unpaired) electrons. The Bertz CT molecular complexity index is 1150. The summed E-state index contributed by atoms with van der Waals surface area (Å²) in [6.45, 7) is 2.52. The average Bonchev–Trinajstić information content (AvgIpc) is 2.82. The highest BCUT2D eigenvalue weighted by atomic mass is 35.5. The summed E-state index contributed by atoms with van der Waals surface area (Å²) < 4.78 is 38.7. The smallest absolute Gasteiger partial charge is 0.265 e. The molecule has 0 bridgehead atoms.